The van der Waals surface area contributed by atoms with Crippen LogP contribution in [0.5, 0.6) is 0 Å². The molecule has 0 spiro atoms. The second-order valence-corrected chi connectivity index (χ2v) is 3.84. The van der Waals surface area contributed by atoms with Gasteiger partial charge in [-0.2, -0.15) is 0 Å². The molecule has 0 saturated carbocycles. The van der Waals surface area contributed by atoms with E-state index in [1.165, 1.54) is 4.57 Å². The van der Waals surface area contributed by atoms with Crippen LogP contribution in [0.1, 0.15) is 12.8 Å². The Kier molecular flexibility index (Phi) is 2.73. The molecule has 82 valence electrons. The number of nitrogens with zero attached hydrogens (tertiary/aromatic N) is 3. The van der Waals surface area contributed by atoms with Crippen molar-refractivity contribution >= 4 is 5.82 Å². The molecule has 1 fully saturated rings. The van der Waals surface area contributed by atoms with Gasteiger partial charge in [0.15, 0.2) is 5.82 Å². The van der Waals surface area contributed by atoms with Crippen LogP contribution in [0.25, 0.3) is 0 Å². The van der Waals surface area contributed by atoms with Gasteiger partial charge in [-0.25, -0.2) is 4.98 Å². The SMILES string of the molecule is Cn1ccnc(N2CCCC2CO)c1=O. The quantitative estimate of drug-likeness (QED) is 0.729. The summed E-state index contributed by atoms with van der Waals surface area (Å²) in [5, 5.41) is 9.18. The first-order valence-corrected chi connectivity index (χ1v) is 5.13. The molecule has 1 aromatic heterocycles. The second kappa shape index (κ2) is 4.02. The molecule has 5 heteroatoms. The molecule has 2 heterocycles. The van der Waals surface area contributed by atoms with E-state index in [9.17, 15) is 9.90 Å². The molecule has 1 atom stereocenters. The molecule has 0 aliphatic carbocycles. The molecular formula is C10H15N3O2. The molecule has 1 aliphatic rings. The molecule has 0 aromatic carbocycles. The Morgan fingerprint density at radius 1 is 1.67 bits per heavy atom. The Hall–Kier alpha value is -1.36. The number of hydrogen-bond acceptors (Lipinski definition) is 4. The molecule has 0 bridgehead atoms. The van der Waals surface area contributed by atoms with Crippen molar-refractivity contribution in [1.82, 2.24) is 9.55 Å². The van der Waals surface area contributed by atoms with Gasteiger partial charge in [-0.3, -0.25) is 4.79 Å². The Morgan fingerprint density at radius 3 is 3.20 bits per heavy atom. The smallest absolute Gasteiger partial charge is 0.293 e. The van der Waals surface area contributed by atoms with E-state index in [0.29, 0.717) is 5.82 Å². The van der Waals surface area contributed by atoms with Gasteiger partial charge in [0, 0.05) is 26.0 Å². The fourth-order valence-electron chi connectivity index (χ4n) is 1.99. The zero-order valence-electron chi connectivity index (χ0n) is 8.76. The number of aliphatic hydroxyl groups excluding tert-OH is 1. The van der Waals surface area contributed by atoms with Crippen molar-refractivity contribution in [2.75, 3.05) is 18.1 Å². The van der Waals surface area contributed by atoms with Gasteiger partial charge >= 0.3 is 0 Å². The van der Waals surface area contributed by atoms with E-state index in [0.717, 1.165) is 19.4 Å². The largest absolute Gasteiger partial charge is 0.394 e. The number of aromatic nitrogens is 2. The van der Waals surface area contributed by atoms with E-state index in [1.54, 1.807) is 19.4 Å². The van der Waals surface area contributed by atoms with Crippen LogP contribution in [0.2, 0.25) is 0 Å². The maximum Gasteiger partial charge on any atom is 0.293 e. The summed E-state index contributed by atoms with van der Waals surface area (Å²) in [6.07, 6.45) is 5.18. The van der Waals surface area contributed by atoms with Crippen LogP contribution < -0.4 is 10.5 Å². The molecular weight excluding hydrogens is 194 g/mol. The zero-order valence-corrected chi connectivity index (χ0v) is 8.76. The highest BCUT2D eigenvalue weighted by atomic mass is 16.3. The van der Waals surface area contributed by atoms with Crippen molar-refractivity contribution in [3.05, 3.63) is 22.7 Å². The summed E-state index contributed by atoms with van der Waals surface area (Å²) in [7, 11) is 1.71. The zero-order chi connectivity index (χ0) is 10.8. The lowest BCUT2D eigenvalue weighted by atomic mass is 10.2. The fourth-order valence-corrected chi connectivity index (χ4v) is 1.99. The predicted octanol–water partition coefficient (Wildman–Crippen LogP) is -0.259. The first-order chi connectivity index (χ1) is 7.24. The van der Waals surface area contributed by atoms with E-state index in [-0.39, 0.29) is 18.2 Å². The van der Waals surface area contributed by atoms with Crippen LogP contribution in [-0.2, 0) is 7.05 Å². The summed E-state index contributed by atoms with van der Waals surface area (Å²) in [5.74, 6) is 0.455. The molecule has 1 unspecified atom stereocenters. The normalized spacial score (nSPS) is 20.9. The topological polar surface area (TPSA) is 58.4 Å². The van der Waals surface area contributed by atoms with Crippen molar-refractivity contribution in [3.63, 3.8) is 0 Å². The molecule has 5 nitrogen and oxygen atoms in total. The number of aliphatic hydroxyl groups is 1. The summed E-state index contributed by atoms with van der Waals surface area (Å²) in [5.41, 5.74) is -0.0992. The number of rotatable bonds is 2. The minimum absolute atomic E-state index is 0.0487. The van der Waals surface area contributed by atoms with E-state index < -0.39 is 0 Å². The van der Waals surface area contributed by atoms with E-state index in [2.05, 4.69) is 4.98 Å². The highest BCUT2D eigenvalue weighted by Gasteiger charge is 2.26. The van der Waals surface area contributed by atoms with Crippen molar-refractivity contribution in [2.24, 2.45) is 7.05 Å². The van der Waals surface area contributed by atoms with Gasteiger partial charge in [0.2, 0.25) is 0 Å². The average molecular weight is 209 g/mol. The van der Waals surface area contributed by atoms with Crippen molar-refractivity contribution in [1.29, 1.82) is 0 Å². The molecule has 1 saturated heterocycles. The van der Waals surface area contributed by atoms with Gasteiger partial charge < -0.3 is 14.6 Å². The lowest BCUT2D eigenvalue weighted by molar-refractivity contribution is 0.266. The summed E-state index contributed by atoms with van der Waals surface area (Å²) in [4.78, 5) is 17.8. The lowest BCUT2D eigenvalue weighted by Gasteiger charge is -2.23. The molecule has 0 radical (unpaired) electrons. The van der Waals surface area contributed by atoms with Crippen molar-refractivity contribution < 1.29 is 5.11 Å². The lowest BCUT2D eigenvalue weighted by Crippen LogP contribution is -2.38. The van der Waals surface area contributed by atoms with Crippen LogP contribution in [0, 0.1) is 0 Å². The highest BCUT2D eigenvalue weighted by molar-refractivity contribution is 5.38. The Labute approximate surface area is 88.0 Å². The van der Waals surface area contributed by atoms with Crippen LogP contribution in [-0.4, -0.2) is 33.9 Å². The van der Waals surface area contributed by atoms with Gasteiger partial charge in [-0.05, 0) is 12.8 Å². The van der Waals surface area contributed by atoms with E-state index >= 15 is 0 Å². The van der Waals surface area contributed by atoms with Gasteiger partial charge in [-0.15, -0.1) is 0 Å². The van der Waals surface area contributed by atoms with Crippen LogP contribution in [0.3, 0.4) is 0 Å². The number of anilines is 1. The van der Waals surface area contributed by atoms with Crippen LogP contribution in [0.4, 0.5) is 5.82 Å². The minimum Gasteiger partial charge on any atom is -0.394 e. The third kappa shape index (κ3) is 1.74. The molecule has 1 aromatic rings. The average Bonchev–Trinajstić information content (AvgIpc) is 2.70. The van der Waals surface area contributed by atoms with Crippen LogP contribution in [0.15, 0.2) is 17.2 Å². The maximum atomic E-state index is 11.8. The molecule has 2 rings (SSSR count). The summed E-state index contributed by atoms with van der Waals surface area (Å²) >= 11 is 0. The van der Waals surface area contributed by atoms with Crippen molar-refractivity contribution in [2.45, 2.75) is 18.9 Å². The van der Waals surface area contributed by atoms with Gasteiger partial charge in [0.25, 0.3) is 5.56 Å². The van der Waals surface area contributed by atoms with Gasteiger partial charge in [-0.1, -0.05) is 0 Å². The first kappa shape index (κ1) is 10.2. The predicted molar refractivity (Wildman–Crippen MR) is 56.9 cm³/mol. The molecule has 1 N–H and O–H groups in total. The van der Waals surface area contributed by atoms with Crippen molar-refractivity contribution in [3.8, 4) is 0 Å². The third-order valence-corrected chi connectivity index (χ3v) is 2.86. The maximum absolute atomic E-state index is 11.8. The summed E-state index contributed by atoms with van der Waals surface area (Å²) in [6, 6.07) is 0.0487. The van der Waals surface area contributed by atoms with E-state index in [1.807, 2.05) is 4.90 Å². The monoisotopic (exact) mass is 209 g/mol. The van der Waals surface area contributed by atoms with Gasteiger partial charge in [0.05, 0.1) is 12.6 Å². The second-order valence-electron chi connectivity index (χ2n) is 3.84. The van der Waals surface area contributed by atoms with Gasteiger partial charge in [0.1, 0.15) is 0 Å². The number of hydrogen-bond donors (Lipinski definition) is 1. The molecule has 1 aliphatic heterocycles. The van der Waals surface area contributed by atoms with E-state index in [4.69, 9.17) is 0 Å². The molecule has 0 amide bonds. The Bertz CT molecular complexity index is 402. The first-order valence-electron chi connectivity index (χ1n) is 5.13. The standard InChI is InChI=1S/C10H15N3O2/c1-12-6-4-11-9(10(12)15)13-5-2-3-8(13)7-14/h4,6,8,14H,2-3,5,7H2,1H3. The molecule has 15 heavy (non-hydrogen) atoms. The fraction of sp³-hybridized carbons (Fsp3) is 0.600. The van der Waals surface area contributed by atoms with Crippen LogP contribution >= 0.6 is 0 Å². The highest BCUT2D eigenvalue weighted by Crippen LogP contribution is 2.20. The third-order valence-electron chi connectivity index (χ3n) is 2.86. The Morgan fingerprint density at radius 2 is 2.47 bits per heavy atom. The Balaban J connectivity index is 2.37. The number of aryl methyl sites for hydroxylation is 1. The minimum atomic E-state index is -0.0992. The summed E-state index contributed by atoms with van der Waals surface area (Å²) < 4.78 is 1.51. The summed E-state index contributed by atoms with van der Waals surface area (Å²) in [6.45, 7) is 0.886.